The van der Waals surface area contributed by atoms with Crippen LogP contribution in [0.5, 0.6) is 5.75 Å². The molecule has 2 aromatic heterocycles. The smallest absolute Gasteiger partial charge is 0.339 e. The Kier molecular flexibility index (Phi) is 6.08. The molecular formula is C23H20FN3O3S. The van der Waals surface area contributed by atoms with Crippen LogP contribution in [0.4, 0.5) is 10.2 Å². The van der Waals surface area contributed by atoms with Gasteiger partial charge < -0.3 is 15.2 Å². The number of halogens is 1. The van der Waals surface area contributed by atoms with Crippen molar-refractivity contribution in [3.05, 3.63) is 71.1 Å². The molecule has 158 valence electrons. The van der Waals surface area contributed by atoms with Crippen LogP contribution in [0.15, 0.2) is 54.2 Å². The molecule has 2 heterocycles. The van der Waals surface area contributed by atoms with Crippen LogP contribution in [0.3, 0.4) is 0 Å². The highest BCUT2D eigenvalue weighted by Gasteiger charge is 2.14. The zero-order chi connectivity index (χ0) is 21.8. The number of aromatic carboxylic acids is 1. The molecule has 31 heavy (non-hydrogen) atoms. The van der Waals surface area contributed by atoms with Gasteiger partial charge in [0.2, 0.25) is 0 Å². The Morgan fingerprint density at radius 1 is 1.19 bits per heavy atom. The number of rotatable bonds is 8. The number of carbonyl (C=O) groups is 1. The summed E-state index contributed by atoms with van der Waals surface area (Å²) in [5.41, 5.74) is 2.09. The quantitative estimate of drug-likeness (QED) is 0.392. The molecule has 0 aliphatic carbocycles. The van der Waals surface area contributed by atoms with E-state index in [1.165, 1.54) is 23.7 Å². The molecule has 0 spiro atoms. The fourth-order valence-electron chi connectivity index (χ4n) is 3.32. The molecule has 8 heteroatoms. The minimum Gasteiger partial charge on any atom is -0.493 e. The van der Waals surface area contributed by atoms with E-state index in [0.717, 1.165) is 4.70 Å². The second-order valence-electron chi connectivity index (χ2n) is 6.79. The van der Waals surface area contributed by atoms with Crippen LogP contribution in [0.25, 0.3) is 21.3 Å². The van der Waals surface area contributed by atoms with Gasteiger partial charge in [0.15, 0.2) is 0 Å². The topological polar surface area (TPSA) is 84.3 Å². The third-order valence-electron chi connectivity index (χ3n) is 4.82. The second-order valence-corrected chi connectivity index (χ2v) is 7.73. The number of carboxylic acid groups (broad SMARTS) is 1. The molecule has 6 nitrogen and oxygen atoms in total. The Bertz CT molecular complexity index is 1240. The predicted molar refractivity (Wildman–Crippen MR) is 120 cm³/mol. The molecule has 0 radical (unpaired) electrons. The standard InChI is InChI=1S/C23H20FN3O3S/c1-2-30-19-11-15(3-5-16(19)23(28)29)18-12-21(27-13-26-18)25-9-7-14-4-6-20-17(22(14)24)8-10-31-20/h3-6,8,10-13H,2,7,9H2,1H3,(H,28,29)(H,25,26,27). The Hall–Kier alpha value is -3.52. The first-order chi connectivity index (χ1) is 15.1. The van der Waals surface area contributed by atoms with Crippen LogP contribution >= 0.6 is 11.3 Å². The highest BCUT2D eigenvalue weighted by Crippen LogP contribution is 2.28. The Balaban J connectivity index is 1.48. The number of thiophene rings is 1. The maximum absolute atomic E-state index is 14.6. The number of nitrogens with zero attached hydrogens (tertiary/aromatic N) is 2. The Morgan fingerprint density at radius 3 is 2.87 bits per heavy atom. The Morgan fingerprint density at radius 2 is 2.06 bits per heavy atom. The summed E-state index contributed by atoms with van der Waals surface area (Å²) in [5.74, 6) is -0.332. The van der Waals surface area contributed by atoms with E-state index in [4.69, 9.17) is 4.74 Å². The van der Waals surface area contributed by atoms with Crippen LogP contribution < -0.4 is 10.1 Å². The van der Waals surface area contributed by atoms with Crippen molar-refractivity contribution in [3.8, 4) is 17.0 Å². The molecule has 0 unspecified atom stereocenters. The number of hydrogen-bond donors (Lipinski definition) is 2. The number of nitrogens with one attached hydrogen (secondary N) is 1. The van der Waals surface area contributed by atoms with Crippen molar-refractivity contribution < 1.29 is 19.0 Å². The van der Waals surface area contributed by atoms with Gasteiger partial charge in [0, 0.05) is 28.3 Å². The molecule has 0 atom stereocenters. The first kappa shape index (κ1) is 20.7. The van der Waals surface area contributed by atoms with Crippen LogP contribution in [-0.2, 0) is 6.42 Å². The van der Waals surface area contributed by atoms with Gasteiger partial charge in [0.05, 0.1) is 12.3 Å². The molecule has 0 amide bonds. The van der Waals surface area contributed by atoms with Gasteiger partial charge in [0.25, 0.3) is 0 Å². The number of benzene rings is 2. The van der Waals surface area contributed by atoms with Crippen molar-refractivity contribution in [2.24, 2.45) is 0 Å². The van der Waals surface area contributed by atoms with Gasteiger partial charge in [-0.1, -0.05) is 12.1 Å². The number of aromatic nitrogens is 2. The minimum absolute atomic E-state index is 0.0997. The molecule has 4 rings (SSSR count). The fourth-order valence-corrected chi connectivity index (χ4v) is 4.10. The number of anilines is 1. The third-order valence-corrected chi connectivity index (χ3v) is 5.71. The SMILES string of the molecule is CCOc1cc(-c2cc(NCCc3ccc4sccc4c3F)ncn2)ccc1C(=O)O. The lowest BCUT2D eigenvalue weighted by molar-refractivity contribution is 0.0692. The van der Waals surface area contributed by atoms with E-state index in [2.05, 4.69) is 15.3 Å². The highest BCUT2D eigenvalue weighted by molar-refractivity contribution is 7.17. The van der Waals surface area contributed by atoms with Crippen LogP contribution in [0.1, 0.15) is 22.8 Å². The summed E-state index contributed by atoms with van der Waals surface area (Å²) in [6, 6.07) is 12.2. The van der Waals surface area contributed by atoms with E-state index in [1.54, 1.807) is 31.2 Å². The monoisotopic (exact) mass is 437 g/mol. The molecule has 0 saturated carbocycles. The lowest BCUT2D eigenvalue weighted by atomic mass is 10.1. The average molecular weight is 437 g/mol. The number of fused-ring (bicyclic) bond motifs is 1. The van der Waals surface area contributed by atoms with E-state index < -0.39 is 5.97 Å². The molecule has 2 N–H and O–H groups in total. The van der Waals surface area contributed by atoms with E-state index in [0.29, 0.717) is 53.3 Å². The predicted octanol–water partition coefficient (Wildman–Crippen LogP) is 5.25. The average Bonchev–Trinajstić information content (AvgIpc) is 3.25. The lowest BCUT2D eigenvalue weighted by Gasteiger charge is -2.11. The maximum atomic E-state index is 14.6. The molecule has 0 fully saturated rings. The summed E-state index contributed by atoms with van der Waals surface area (Å²) in [6.07, 6.45) is 1.94. The van der Waals surface area contributed by atoms with Gasteiger partial charge >= 0.3 is 5.97 Å². The normalized spacial score (nSPS) is 10.9. The van der Waals surface area contributed by atoms with E-state index >= 15 is 0 Å². The van der Waals surface area contributed by atoms with Crippen LogP contribution in [-0.4, -0.2) is 34.2 Å². The van der Waals surface area contributed by atoms with Crippen molar-refractivity contribution in [1.82, 2.24) is 9.97 Å². The minimum atomic E-state index is -1.05. The van der Waals surface area contributed by atoms with Gasteiger partial charge in [-0.05, 0) is 48.6 Å². The lowest BCUT2D eigenvalue weighted by Crippen LogP contribution is -2.08. The third kappa shape index (κ3) is 4.49. The summed E-state index contributed by atoms with van der Waals surface area (Å²) in [7, 11) is 0. The van der Waals surface area contributed by atoms with Gasteiger partial charge in [-0.25, -0.2) is 19.2 Å². The van der Waals surface area contributed by atoms with Gasteiger partial charge in [0.1, 0.15) is 29.3 Å². The summed E-state index contributed by atoms with van der Waals surface area (Å²) >= 11 is 1.52. The summed E-state index contributed by atoms with van der Waals surface area (Å²) < 4.78 is 21.0. The largest absolute Gasteiger partial charge is 0.493 e. The van der Waals surface area contributed by atoms with Crippen LogP contribution in [0, 0.1) is 5.82 Å². The number of carboxylic acids is 1. The zero-order valence-electron chi connectivity index (χ0n) is 16.8. The van der Waals surface area contributed by atoms with Crippen molar-refractivity contribution in [1.29, 1.82) is 0 Å². The van der Waals surface area contributed by atoms with Gasteiger partial charge in [-0.15, -0.1) is 11.3 Å². The zero-order valence-corrected chi connectivity index (χ0v) is 17.6. The molecule has 4 aromatic rings. The number of ether oxygens (including phenoxy) is 1. The van der Waals surface area contributed by atoms with E-state index in [9.17, 15) is 14.3 Å². The fraction of sp³-hybridized carbons (Fsp3) is 0.174. The second kappa shape index (κ2) is 9.09. The van der Waals surface area contributed by atoms with Crippen molar-refractivity contribution in [2.45, 2.75) is 13.3 Å². The summed E-state index contributed by atoms with van der Waals surface area (Å²) in [5, 5.41) is 15.1. The van der Waals surface area contributed by atoms with Gasteiger partial charge in [-0.3, -0.25) is 0 Å². The molecule has 0 saturated heterocycles. The maximum Gasteiger partial charge on any atom is 0.339 e. The molecule has 0 bridgehead atoms. The first-order valence-corrected chi connectivity index (χ1v) is 10.7. The molecule has 2 aromatic carbocycles. The molecular weight excluding hydrogens is 417 g/mol. The van der Waals surface area contributed by atoms with E-state index in [1.807, 2.05) is 17.5 Å². The van der Waals surface area contributed by atoms with Crippen molar-refractivity contribution in [2.75, 3.05) is 18.5 Å². The Labute approximate surface area is 182 Å². The first-order valence-electron chi connectivity index (χ1n) is 9.78. The van der Waals surface area contributed by atoms with Gasteiger partial charge in [-0.2, -0.15) is 0 Å². The molecule has 0 aliphatic heterocycles. The van der Waals surface area contributed by atoms with Crippen LogP contribution in [0.2, 0.25) is 0 Å². The highest BCUT2D eigenvalue weighted by atomic mass is 32.1. The van der Waals surface area contributed by atoms with Crippen molar-refractivity contribution in [3.63, 3.8) is 0 Å². The number of hydrogen-bond acceptors (Lipinski definition) is 6. The van der Waals surface area contributed by atoms with Crippen molar-refractivity contribution >= 4 is 33.2 Å². The van der Waals surface area contributed by atoms with E-state index in [-0.39, 0.29) is 11.4 Å². The summed E-state index contributed by atoms with van der Waals surface area (Å²) in [4.78, 5) is 19.9. The molecule has 0 aliphatic rings. The summed E-state index contributed by atoms with van der Waals surface area (Å²) in [6.45, 7) is 2.66.